The third kappa shape index (κ3) is 2.59. The third-order valence-corrected chi connectivity index (χ3v) is 4.10. The molecule has 106 valence electrons. The standard InChI is InChI=1S/C14H19N5O/c20-12(17-13-15-11-16-18-13)10-14(6-2-1-3-7-14)19-8-4-5-9-19/h4-5,8-9,11H,1-3,6-7,10H2,(H2,15,16,17,18,20). The van der Waals surface area contributed by atoms with Gasteiger partial charge in [0.25, 0.3) is 0 Å². The van der Waals surface area contributed by atoms with E-state index in [1.807, 2.05) is 12.1 Å². The maximum Gasteiger partial charge on any atom is 0.229 e. The molecule has 2 N–H and O–H groups in total. The smallest absolute Gasteiger partial charge is 0.229 e. The summed E-state index contributed by atoms with van der Waals surface area (Å²) in [6.45, 7) is 0. The number of H-pyrrole nitrogens is 1. The van der Waals surface area contributed by atoms with E-state index >= 15 is 0 Å². The Morgan fingerprint density at radius 1 is 1.30 bits per heavy atom. The van der Waals surface area contributed by atoms with Crippen LogP contribution in [0, 0.1) is 0 Å². The highest BCUT2D eigenvalue weighted by atomic mass is 16.1. The van der Waals surface area contributed by atoms with Crippen LogP contribution in [-0.2, 0) is 10.3 Å². The Labute approximate surface area is 117 Å². The van der Waals surface area contributed by atoms with Crippen molar-refractivity contribution in [1.82, 2.24) is 19.7 Å². The molecule has 2 heterocycles. The van der Waals surface area contributed by atoms with Gasteiger partial charge in [-0.25, -0.2) is 5.10 Å². The molecular weight excluding hydrogens is 254 g/mol. The largest absolute Gasteiger partial charge is 0.348 e. The fourth-order valence-corrected chi connectivity index (χ4v) is 3.13. The van der Waals surface area contributed by atoms with Gasteiger partial charge in [0.2, 0.25) is 11.9 Å². The van der Waals surface area contributed by atoms with Gasteiger partial charge in [0.05, 0.1) is 12.0 Å². The number of nitrogens with zero attached hydrogens (tertiary/aromatic N) is 3. The Morgan fingerprint density at radius 2 is 2.05 bits per heavy atom. The van der Waals surface area contributed by atoms with E-state index in [-0.39, 0.29) is 11.4 Å². The second kappa shape index (κ2) is 5.48. The summed E-state index contributed by atoms with van der Waals surface area (Å²) in [4.78, 5) is 16.2. The maximum atomic E-state index is 12.3. The fraction of sp³-hybridized carbons (Fsp3) is 0.500. The molecule has 0 aromatic carbocycles. The number of hydrogen-bond donors (Lipinski definition) is 2. The van der Waals surface area contributed by atoms with Crippen LogP contribution in [0.15, 0.2) is 30.9 Å². The zero-order chi connectivity index (χ0) is 13.8. The minimum atomic E-state index is -0.0914. The van der Waals surface area contributed by atoms with E-state index in [4.69, 9.17) is 0 Å². The number of nitrogens with one attached hydrogen (secondary N) is 2. The highest BCUT2D eigenvalue weighted by molar-refractivity contribution is 5.89. The Bertz CT molecular complexity index is 540. The molecule has 1 aliphatic rings. The lowest BCUT2D eigenvalue weighted by atomic mass is 9.79. The lowest BCUT2D eigenvalue weighted by Crippen LogP contribution is -2.38. The third-order valence-electron chi connectivity index (χ3n) is 4.10. The lowest BCUT2D eigenvalue weighted by Gasteiger charge is -2.38. The fourth-order valence-electron chi connectivity index (χ4n) is 3.13. The second-order valence-corrected chi connectivity index (χ2v) is 5.43. The molecule has 6 heteroatoms. The Morgan fingerprint density at radius 3 is 2.70 bits per heavy atom. The van der Waals surface area contributed by atoms with E-state index in [1.54, 1.807) is 0 Å². The average Bonchev–Trinajstić information content (AvgIpc) is 3.12. The molecule has 1 amide bonds. The summed E-state index contributed by atoms with van der Waals surface area (Å²) in [5, 5.41) is 9.16. The molecule has 2 aromatic heterocycles. The first-order chi connectivity index (χ1) is 9.78. The molecule has 20 heavy (non-hydrogen) atoms. The van der Waals surface area contributed by atoms with E-state index < -0.39 is 0 Å². The highest BCUT2D eigenvalue weighted by Gasteiger charge is 2.35. The summed E-state index contributed by atoms with van der Waals surface area (Å²) in [7, 11) is 0. The maximum absolute atomic E-state index is 12.3. The van der Waals surface area contributed by atoms with E-state index in [0.717, 1.165) is 12.8 Å². The molecule has 0 bridgehead atoms. The summed E-state index contributed by atoms with van der Waals surface area (Å²) < 4.78 is 2.20. The van der Waals surface area contributed by atoms with Crippen LogP contribution >= 0.6 is 0 Å². The molecule has 1 saturated carbocycles. The van der Waals surface area contributed by atoms with Gasteiger partial charge >= 0.3 is 0 Å². The number of aromatic nitrogens is 4. The molecule has 0 aliphatic heterocycles. The predicted octanol–water partition coefficient (Wildman–Crippen LogP) is 2.29. The van der Waals surface area contributed by atoms with Crippen LogP contribution in [0.3, 0.4) is 0 Å². The molecule has 0 atom stereocenters. The summed E-state index contributed by atoms with van der Waals surface area (Å²) in [5.74, 6) is 0.394. The van der Waals surface area contributed by atoms with Crippen molar-refractivity contribution in [3.8, 4) is 0 Å². The number of carbonyl (C=O) groups is 1. The number of aromatic amines is 1. The van der Waals surface area contributed by atoms with Crippen LogP contribution in [0.25, 0.3) is 0 Å². The average molecular weight is 273 g/mol. The minimum Gasteiger partial charge on any atom is -0.348 e. The summed E-state index contributed by atoms with van der Waals surface area (Å²) in [6, 6.07) is 4.04. The zero-order valence-electron chi connectivity index (χ0n) is 11.4. The van der Waals surface area contributed by atoms with Crippen molar-refractivity contribution in [2.75, 3.05) is 5.32 Å². The van der Waals surface area contributed by atoms with Crippen molar-refractivity contribution in [3.05, 3.63) is 30.9 Å². The van der Waals surface area contributed by atoms with Gasteiger partial charge in [-0.05, 0) is 25.0 Å². The minimum absolute atomic E-state index is 0.0163. The van der Waals surface area contributed by atoms with Crippen LogP contribution < -0.4 is 5.32 Å². The zero-order valence-corrected chi connectivity index (χ0v) is 11.4. The summed E-state index contributed by atoms with van der Waals surface area (Å²) in [6.07, 6.45) is 11.7. The van der Waals surface area contributed by atoms with Gasteiger partial charge in [-0.15, -0.1) is 0 Å². The molecule has 0 spiro atoms. The molecule has 1 fully saturated rings. The van der Waals surface area contributed by atoms with Gasteiger partial charge in [0.15, 0.2) is 0 Å². The molecule has 0 radical (unpaired) electrons. The SMILES string of the molecule is O=C(CC1(n2cccc2)CCCCC1)Nc1ncn[nH]1. The predicted molar refractivity (Wildman–Crippen MR) is 75.1 cm³/mol. The topological polar surface area (TPSA) is 75.6 Å². The summed E-state index contributed by atoms with van der Waals surface area (Å²) >= 11 is 0. The quantitative estimate of drug-likeness (QED) is 0.897. The van der Waals surface area contributed by atoms with Crippen LogP contribution in [0.1, 0.15) is 38.5 Å². The van der Waals surface area contributed by atoms with Crippen molar-refractivity contribution >= 4 is 11.9 Å². The molecule has 3 rings (SSSR count). The van der Waals surface area contributed by atoms with Crippen molar-refractivity contribution in [1.29, 1.82) is 0 Å². The molecular formula is C14H19N5O. The Hall–Kier alpha value is -2.11. The summed E-state index contributed by atoms with van der Waals surface area (Å²) in [5.41, 5.74) is -0.0914. The molecule has 1 aliphatic carbocycles. The molecule has 0 saturated heterocycles. The first-order valence-corrected chi connectivity index (χ1v) is 7.07. The van der Waals surface area contributed by atoms with Gasteiger partial charge in [0.1, 0.15) is 6.33 Å². The first kappa shape index (κ1) is 12.9. The van der Waals surface area contributed by atoms with Crippen LogP contribution in [0.2, 0.25) is 0 Å². The molecule has 0 unspecified atom stereocenters. The normalized spacial score (nSPS) is 17.8. The van der Waals surface area contributed by atoms with Crippen LogP contribution in [-0.4, -0.2) is 25.7 Å². The number of anilines is 1. The Kier molecular flexibility index (Phi) is 3.54. The van der Waals surface area contributed by atoms with E-state index in [1.165, 1.54) is 25.6 Å². The van der Waals surface area contributed by atoms with Gasteiger partial charge in [-0.2, -0.15) is 10.1 Å². The van der Waals surface area contributed by atoms with Gasteiger partial charge < -0.3 is 4.57 Å². The monoisotopic (exact) mass is 273 g/mol. The molecule has 2 aromatic rings. The van der Waals surface area contributed by atoms with Crippen molar-refractivity contribution in [2.24, 2.45) is 0 Å². The van der Waals surface area contributed by atoms with Crippen molar-refractivity contribution < 1.29 is 4.79 Å². The van der Waals surface area contributed by atoms with Gasteiger partial charge in [0, 0.05) is 12.4 Å². The van der Waals surface area contributed by atoms with Crippen LogP contribution in [0.4, 0.5) is 5.95 Å². The number of rotatable bonds is 4. The van der Waals surface area contributed by atoms with Crippen molar-refractivity contribution in [2.45, 2.75) is 44.1 Å². The second-order valence-electron chi connectivity index (χ2n) is 5.43. The number of carbonyl (C=O) groups excluding carboxylic acids is 1. The molecule has 6 nitrogen and oxygen atoms in total. The van der Waals surface area contributed by atoms with Gasteiger partial charge in [-0.3, -0.25) is 10.1 Å². The Balaban J connectivity index is 1.75. The van der Waals surface area contributed by atoms with Crippen LogP contribution in [0.5, 0.6) is 0 Å². The van der Waals surface area contributed by atoms with Crippen molar-refractivity contribution in [3.63, 3.8) is 0 Å². The van der Waals surface area contributed by atoms with Gasteiger partial charge in [-0.1, -0.05) is 19.3 Å². The van der Waals surface area contributed by atoms with E-state index in [0.29, 0.717) is 12.4 Å². The number of hydrogen-bond acceptors (Lipinski definition) is 3. The number of amides is 1. The highest BCUT2D eigenvalue weighted by Crippen LogP contribution is 2.38. The van der Waals surface area contributed by atoms with E-state index in [9.17, 15) is 4.79 Å². The van der Waals surface area contributed by atoms with E-state index in [2.05, 4.69) is 37.5 Å². The lowest BCUT2D eigenvalue weighted by molar-refractivity contribution is -0.118. The first-order valence-electron chi connectivity index (χ1n) is 7.07.